The van der Waals surface area contributed by atoms with Crippen LogP contribution < -0.4 is 5.32 Å². The Labute approximate surface area is 43.9 Å². The van der Waals surface area contributed by atoms with Crippen molar-refractivity contribution >= 4 is 0 Å². The van der Waals surface area contributed by atoms with Gasteiger partial charge in [-0.15, -0.1) is 0 Å². The number of allylic oxidation sites excluding steroid dienone is 1. The quantitative estimate of drug-likeness (QED) is 0.403. The highest BCUT2D eigenvalue weighted by Crippen LogP contribution is 1.65. The molecule has 0 aromatic carbocycles. The second-order valence-electron chi connectivity index (χ2n) is 1.11. The Hall–Kier alpha value is -0.340. The van der Waals surface area contributed by atoms with E-state index in [4.69, 9.17) is 5.11 Å². The molecule has 0 aliphatic carbocycles. The summed E-state index contributed by atoms with van der Waals surface area (Å²) in [5.74, 6) is 0. The lowest BCUT2D eigenvalue weighted by atomic mass is 10.5. The van der Waals surface area contributed by atoms with Crippen LogP contribution in [-0.2, 0) is 0 Å². The second kappa shape index (κ2) is 5.66. The minimum absolute atomic E-state index is 0.701. The van der Waals surface area contributed by atoms with Crippen LogP contribution in [-0.4, -0.2) is 11.7 Å². The van der Waals surface area contributed by atoms with Crippen LogP contribution >= 0.6 is 0 Å². The second-order valence-corrected chi connectivity index (χ2v) is 1.11. The van der Waals surface area contributed by atoms with Crippen LogP contribution in [0.3, 0.4) is 0 Å². The molecule has 0 amide bonds. The maximum Gasteiger partial charge on any atom is 0.144 e. The van der Waals surface area contributed by atoms with E-state index >= 15 is 0 Å². The van der Waals surface area contributed by atoms with Crippen molar-refractivity contribution in [2.75, 3.05) is 6.54 Å². The van der Waals surface area contributed by atoms with Gasteiger partial charge in [-0.3, -0.25) is 5.32 Å². The highest BCUT2D eigenvalue weighted by Gasteiger charge is 1.70. The Morgan fingerprint density at radius 3 is 2.86 bits per heavy atom. The van der Waals surface area contributed by atoms with Crippen molar-refractivity contribution < 1.29 is 5.11 Å². The maximum absolute atomic E-state index is 8.02. The van der Waals surface area contributed by atoms with E-state index in [2.05, 4.69) is 5.32 Å². The van der Waals surface area contributed by atoms with Crippen LogP contribution in [0.5, 0.6) is 0 Å². The fourth-order valence-corrected chi connectivity index (χ4v) is 0.239. The summed E-state index contributed by atoms with van der Waals surface area (Å²) in [7, 11) is 0. The summed E-state index contributed by atoms with van der Waals surface area (Å²) in [5.41, 5.74) is 0. The van der Waals surface area contributed by atoms with Gasteiger partial charge in [-0.2, -0.15) is 0 Å². The van der Waals surface area contributed by atoms with E-state index in [1.165, 1.54) is 0 Å². The van der Waals surface area contributed by atoms with Crippen LogP contribution in [0.25, 0.3) is 0 Å². The first kappa shape index (κ1) is 6.66. The largest absolute Gasteiger partial charge is 0.374 e. The minimum atomic E-state index is 0.701. The van der Waals surface area contributed by atoms with E-state index in [0.717, 1.165) is 6.73 Å². The lowest BCUT2D eigenvalue weighted by Crippen LogP contribution is -2.07. The van der Waals surface area contributed by atoms with Gasteiger partial charge in [-0.25, -0.2) is 0 Å². The predicted molar refractivity (Wildman–Crippen MR) is 29.1 cm³/mol. The van der Waals surface area contributed by atoms with Crippen molar-refractivity contribution in [2.24, 2.45) is 0 Å². The first-order valence-electron chi connectivity index (χ1n) is 2.22. The molecule has 0 heterocycles. The normalized spacial score (nSPS) is 10.6. The van der Waals surface area contributed by atoms with Gasteiger partial charge in [0, 0.05) is 6.54 Å². The van der Waals surface area contributed by atoms with Crippen LogP contribution in [0.15, 0.2) is 12.2 Å². The number of aliphatic hydroxyl groups excluding tert-OH is 1. The zero-order chi connectivity index (χ0) is 5.54. The van der Waals surface area contributed by atoms with Gasteiger partial charge in [-0.05, 0) is 6.92 Å². The van der Waals surface area contributed by atoms with E-state index in [1.54, 1.807) is 0 Å². The van der Waals surface area contributed by atoms with Crippen LogP contribution in [0, 0.1) is 6.73 Å². The summed E-state index contributed by atoms with van der Waals surface area (Å²) in [6, 6.07) is 0. The van der Waals surface area contributed by atoms with E-state index in [1.807, 2.05) is 19.1 Å². The van der Waals surface area contributed by atoms with Gasteiger partial charge in [0.05, 0.1) is 0 Å². The molecule has 0 bridgehead atoms. The number of hydrogen-bond acceptors (Lipinski definition) is 2. The number of aliphatic hydroxyl groups is 1. The zero-order valence-corrected chi connectivity index (χ0v) is 4.39. The van der Waals surface area contributed by atoms with Crippen molar-refractivity contribution in [1.82, 2.24) is 5.32 Å². The molecule has 0 spiro atoms. The molecular formula is C5H10NO. The first-order chi connectivity index (χ1) is 3.41. The van der Waals surface area contributed by atoms with Gasteiger partial charge in [0.2, 0.25) is 0 Å². The molecule has 0 fully saturated rings. The van der Waals surface area contributed by atoms with Gasteiger partial charge in [0.15, 0.2) is 0 Å². The smallest absolute Gasteiger partial charge is 0.144 e. The average molecular weight is 100 g/mol. The summed E-state index contributed by atoms with van der Waals surface area (Å²) >= 11 is 0. The Morgan fingerprint density at radius 2 is 2.43 bits per heavy atom. The van der Waals surface area contributed by atoms with Gasteiger partial charge in [-0.1, -0.05) is 12.2 Å². The molecule has 0 aromatic rings. The molecule has 2 nitrogen and oxygen atoms in total. The van der Waals surface area contributed by atoms with Crippen molar-refractivity contribution in [2.45, 2.75) is 6.92 Å². The average Bonchev–Trinajstić information content (AvgIpc) is 1.69. The third-order valence-corrected chi connectivity index (χ3v) is 0.563. The SMILES string of the molecule is C/C=C/CN[CH]O. The van der Waals surface area contributed by atoms with Crippen molar-refractivity contribution in [3.8, 4) is 0 Å². The van der Waals surface area contributed by atoms with Gasteiger partial charge in [0.25, 0.3) is 0 Å². The van der Waals surface area contributed by atoms with E-state index in [-0.39, 0.29) is 0 Å². The molecule has 7 heavy (non-hydrogen) atoms. The van der Waals surface area contributed by atoms with Crippen LogP contribution in [0.2, 0.25) is 0 Å². The summed E-state index contributed by atoms with van der Waals surface area (Å²) in [6.45, 7) is 3.56. The molecule has 0 aliphatic heterocycles. The van der Waals surface area contributed by atoms with E-state index < -0.39 is 0 Å². The molecule has 1 radical (unpaired) electrons. The summed E-state index contributed by atoms with van der Waals surface area (Å²) in [6.07, 6.45) is 3.82. The Morgan fingerprint density at radius 1 is 1.71 bits per heavy atom. The van der Waals surface area contributed by atoms with Gasteiger partial charge >= 0.3 is 0 Å². The summed E-state index contributed by atoms with van der Waals surface area (Å²) < 4.78 is 0. The molecule has 0 rings (SSSR count). The number of hydrogen-bond donors (Lipinski definition) is 2. The first-order valence-corrected chi connectivity index (χ1v) is 2.22. The van der Waals surface area contributed by atoms with Crippen molar-refractivity contribution in [3.63, 3.8) is 0 Å². The molecule has 0 aromatic heterocycles. The summed E-state index contributed by atoms with van der Waals surface area (Å²) in [5, 5.41) is 10.6. The van der Waals surface area contributed by atoms with Crippen molar-refractivity contribution in [1.29, 1.82) is 0 Å². The fourth-order valence-electron chi connectivity index (χ4n) is 0.239. The molecule has 0 saturated heterocycles. The molecule has 2 N–H and O–H groups in total. The molecule has 0 unspecified atom stereocenters. The topological polar surface area (TPSA) is 32.3 Å². The molecule has 0 atom stereocenters. The predicted octanol–water partition coefficient (Wildman–Crippen LogP) is 0.644. The highest BCUT2D eigenvalue weighted by atomic mass is 16.3. The fraction of sp³-hybridized carbons (Fsp3) is 0.400. The molecular weight excluding hydrogens is 90.1 g/mol. The lowest BCUT2D eigenvalue weighted by molar-refractivity contribution is 0.356. The summed E-state index contributed by atoms with van der Waals surface area (Å²) in [4.78, 5) is 0. The van der Waals surface area contributed by atoms with Crippen LogP contribution in [0.1, 0.15) is 6.92 Å². The van der Waals surface area contributed by atoms with E-state index in [9.17, 15) is 0 Å². The third kappa shape index (κ3) is 5.66. The zero-order valence-electron chi connectivity index (χ0n) is 4.39. The third-order valence-electron chi connectivity index (χ3n) is 0.563. The Kier molecular flexibility index (Phi) is 5.39. The van der Waals surface area contributed by atoms with Gasteiger partial charge < -0.3 is 5.11 Å². The van der Waals surface area contributed by atoms with Crippen molar-refractivity contribution in [3.05, 3.63) is 18.9 Å². The molecule has 2 heteroatoms. The minimum Gasteiger partial charge on any atom is -0.374 e. The van der Waals surface area contributed by atoms with E-state index in [0.29, 0.717) is 6.54 Å². The maximum atomic E-state index is 8.02. The molecule has 41 valence electrons. The van der Waals surface area contributed by atoms with Gasteiger partial charge in [0.1, 0.15) is 6.73 Å². The highest BCUT2D eigenvalue weighted by molar-refractivity contribution is 4.79. The molecule has 0 saturated carbocycles. The Balaban J connectivity index is 2.69. The standard InChI is InChI=1S/C5H10NO/c1-2-3-4-6-5-7/h2-3,5-7H,4H2,1H3/b3-2+. The monoisotopic (exact) mass is 100 g/mol. The Bertz CT molecular complexity index is 52.0. The van der Waals surface area contributed by atoms with Crippen LogP contribution in [0.4, 0.5) is 0 Å². The number of rotatable bonds is 3. The molecule has 0 aliphatic rings. The lowest BCUT2D eigenvalue weighted by Gasteiger charge is -1.87. The number of nitrogens with one attached hydrogen (secondary N) is 1.